The molecule has 20 heavy (non-hydrogen) atoms. The Labute approximate surface area is 122 Å². The summed E-state index contributed by atoms with van der Waals surface area (Å²) in [6.07, 6.45) is 0. The molecule has 2 rings (SSSR count). The predicted molar refractivity (Wildman–Crippen MR) is 76.1 cm³/mol. The van der Waals surface area contributed by atoms with E-state index in [2.05, 4.69) is 14.4 Å². The van der Waals surface area contributed by atoms with E-state index >= 15 is 0 Å². The first-order valence-corrected chi connectivity index (χ1v) is 8.41. The second kappa shape index (κ2) is 5.38. The Morgan fingerprint density at radius 3 is 2.70 bits per heavy atom. The van der Waals surface area contributed by atoms with Crippen molar-refractivity contribution in [2.24, 2.45) is 0 Å². The van der Waals surface area contributed by atoms with E-state index in [1.165, 1.54) is 20.1 Å². The topological polar surface area (TPSA) is 105 Å². The SMILES string of the molecule is COC(=O)c1sccc1NS(=O)(=O)c1sc(=O)[nH]c1C. The molecule has 0 aliphatic heterocycles. The van der Waals surface area contributed by atoms with Crippen LogP contribution in [0.25, 0.3) is 0 Å². The van der Waals surface area contributed by atoms with Crippen molar-refractivity contribution in [1.82, 2.24) is 4.98 Å². The number of rotatable bonds is 4. The molecule has 0 fully saturated rings. The van der Waals surface area contributed by atoms with Gasteiger partial charge >= 0.3 is 10.8 Å². The molecule has 2 aromatic heterocycles. The molecule has 0 saturated heterocycles. The monoisotopic (exact) mass is 334 g/mol. The van der Waals surface area contributed by atoms with Crippen molar-refractivity contribution in [2.45, 2.75) is 11.1 Å². The molecule has 7 nitrogen and oxygen atoms in total. The van der Waals surface area contributed by atoms with Crippen molar-refractivity contribution in [3.63, 3.8) is 0 Å². The van der Waals surface area contributed by atoms with Gasteiger partial charge in [-0.2, -0.15) is 0 Å². The van der Waals surface area contributed by atoms with Gasteiger partial charge in [0.05, 0.1) is 12.8 Å². The van der Waals surface area contributed by atoms with Crippen LogP contribution in [0.1, 0.15) is 15.4 Å². The molecule has 0 radical (unpaired) electrons. The lowest BCUT2D eigenvalue weighted by molar-refractivity contribution is 0.0607. The highest BCUT2D eigenvalue weighted by molar-refractivity contribution is 7.94. The first kappa shape index (κ1) is 14.8. The molecule has 0 aliphatic rings. The zero-order chi connectivity index (χ0) is 14.9. The number of hydrogen-bond acceptors (Lipinski definition) is 7. The number of carbonyl (C=O) groups excluding carboxylic acids is 1. The van der Waals surface area contributed by atoms with Gasteiger partial charge < -0.3 is 9.72 Å². The van der Waals surface area contributed by atoms with E-state index in [1.54, 1.807) is 5.38 Å². The number of aromatic amines is 1. The van der Waals surface area contributed by atoms with Crippen LogP contribution >= 0.6 is 22.7 Å². The van der Waals surface area contributed by atoms with Crippen molar-refractivity contribution in [3.05, 3.63) is 31.7 Å². The average molecular weight is 334 g/mol. The van der Waals surface area contributed by atoms with Gasteiger partial charge in [-0.3, -0.25) is 9.52 Å². The Balaban J connectivity index is 2.39. The summed E-state index contributed by atoms with van der Waals surface area (Å²) < 4.78 is 31.1. The predicted octanol–water partition coefficient (Wildman–Crippen LogP) is 1.39. The zero-order valence-corrected chi connectivity index (χ0v) is 12.9. The smallest absolute Gasteiger partial charge is 0.350 e. The third-order valence-corrected chi connectivity index (χ3v) is 6.17. The third kappa shape index (κ3) is 2.76. The molecule has 2 aromatic rings. The number of sulfonamides is 1. The van der Waals surface area contributed by atoms with Crippen LogP contribution in [0.15, 0.2) is 20.5 Å². The quantitative estimate of drug-likeness (QED) is 0.822. The largest absolute Gasteiger partial charge is 0.465 e. The highest BCUT2D eigenvalue weighted by Crippen LogP contribution is 2.27. The fraction of sp³-hybridized carbons (Fsp3) is 0.200. The Kier molecular flexibility index (Phi) is 3.97. The Morgan fingerprint density at radius 1 is 1.45 bits per heavy atom. The van der Waals surface area contributed by atoms with E-state index in [0.717, 1.165) is 11.3 Å². The number of H-pyrrole nitrogens is 1. The van der Waals surface area contributed by atoms with Gasteiger partial charge in [0.2, 0.25) is 0 Å². The summed E-state index contributed by atoms with van der Waals surface area (Å²) in [6.45, 7) is 1.49. The number of anilines is 1. The van der Waals surface area contributed by atoms with E-state index in [9.17, 15) is 18.0 Å². The second-order valence-electron chi connectivity index (χ2n) is 3.69. The van der Waals surface area contributed by atoms with Gasteiger partial charge in [0.25, 0.3) is 10.0 Å². The Morgan fingerprint density at radius 2 is 2.15 bits per heavy atom. The maximum atomic E-state index is 12.2. The van der Waals surface area contributed by atoms with Gasteiger partial charge in [-0.25, -0.2) is 13.2 Å². The van der Waals surface area contributed by atoms with E-state index in [0.29, 0.717) is 11.3 Å². The second-order valence-corrected chi connectivity index (χ2v) is 7.46. The number of hydrogen-bond donors (Lipinski definition) is 2. The van der Waals surface area contributed by atoms with Gasteiger partial charge in [0, 0.05) is 5.69 Å². The van der Waals surface area contributed by atoms with Crippen LogP contribution in [0.4, 0.5) is 5.69 Å². The van der Waals surface area contributed by atoms with Crippen LogP contribution in [0.5, 0.6) is 0 Å². The zero-order valence-electron chi connectivity index (χ0n) is 10.4. The lowest BCUT2D eigenvalue weighted by Crippen LogP contribution is -2.14. The summed E-state index contributed by atoms with van der Waals surface area (Å²) in [5.74, 6) is -0.628. The number of aryl methyl sites for hydroxylation is 1. The van der Waals surface area contributed by atoms with Crippen molar-refractivity contribution >= 4 is 44.4 Å². The summed E-state index contributed by atoms with van der Waals surface area (Å²) in [6, 6.07) is 1.46. The molecular formula is C10H10N2O5S3. The summed E-state index contributed by atoms with van der Waals surface area (Å²) in [7, 11) is -2.71. The minimum Gasteiger partial charge on any atom is -0.465 e. The number of esters is 1. The van der Waals surface area contributed by atoms with Gasteiger partial charge in [0.15, 0.2) is 4.21 Å². The van der Waals surface area contributed by atoms with Crippen molar-refractivity contribution in [2.75, 3.05) is 11.8 Å². The molecule has 0 aromatic carbocycles. The molecule has 2 N–H and O–H groups in total. The number of thiophene rings is 1. The number of carbonyl (C=O) groups is 1. The normalized spacial score (nSPS) is 11.3. The fourth-order valence-electron chi connectivity index (χ4n) is 1.48. The molecule has 0 aliphatic carbocycles. The van der Waals surface area contributed by atoms with E-state index in [4.69, 9.17) is 0 Å². The van der Waals surface area contributed by atoms with Gasteiger partial charge in [0.1, 0.15) is 4.88 Å². The number of nitrogens with one attached hydrogen (secondary N) is 2. The first-order valence-electron chi connectivity index (χ1n) is 5.23. The molecule has 0 amide bonds. The molecule has 10 heteroatoms. The molecule has 0 atom stereocenters. The summed E-state index contributed by atoms with van der Waals surface area (Å²) >= 11 is 1.65. The van der Waals surface area contributed by atoms with Crippen LogP contribution in [-0.4, -0.2) is 26.5 Å². The number of thiazole rings is 1. The van der Waals surface area contributed by atoms with Crippen LogP contribution in [0.2, 0.25) is 0 Å². The van der Waals surface area contributed by atoms with E-state index in [1.807, 2.05) is 0 Å². The Bertz CT molecular complexity index is 799. The highest BCUT2D eigenvalue weighted by Gasteiger charge is 2.24. The van der Waals surface area contributed by atoms with Crippen molar-refractivity contribution < 1.29 is 17.9 Å². The van der Waals surface area contributed by atoms with Crippen LogP contribution in [0.3, 0.4) is 0 Å². The van der Waals surface area contributed by atoms with Gasteiger partial charge in [-0.05, 0) is 18.4 Å². The third-order valence-electron chi connectivity index (χ3n) is 2.31. The number of ether oxygens (including phenoxy) is 1. The van der Waals surface area contributed by atoms with Crippen molar-refractivity contribution in [1.29, 1.82) is 0 Å². The Hall–Kier alpha value is -1.65. The minimum atomic E-state index is -3.92. The maximum absolute atomic E-state index is 12.2. The first-order chi connectivity index (χ1) is 9.35. The summed E-state index contributed by atoms with van der Waals surface area (Å²) in [5.41, 5.74) is 0.379. The highest BCUT2D eigenvalue weighted by atomic mass is 32.2. The molecule has 0 spiro atoms. The number of methoxy groups -OCH3 is 1. The summed E-state index contributed by atoms with van der Waals surface area (Å²) in [4.78, 5) is 24.8. The van der Waals surface area contributed by atoms with E-state index < -0.39 is 20.9 Å². The molecule has 108 valence electrons. The fourth-order valence-corrected chi connectivity index (χ4v) is 4.68. The van der Waals surface area contributed by atoms with Gasteiger partial charge in [-0.1, -0.05) is 11.3 Å². The van der Waals surface area contributed by atoms with Crippen LogP contribution < -0.4 is 9.60 Å². The molecule has 0 bridgehead atoms. The average Bonchev–Trinajstić information content (AvgIpc) is 2.94. The molecule has 0 saturated carbocycles. The minimum absolute atomic E-state index is 0.107. The lowest BCUT2D eigenvalue weighted by atomic mass is 10.4. The molecular weight excluding hydrogens is 324 g/mol. The standard InChI is InChI=1S/C10H10N2O5S3/c1-5-9(19-10(14)11-5)20(15,16)12-6-3-4-18-7(6)8(13)17-2/h3-4,12H,1-2H3,(H,11,14). The van der Waals surface area contributed by atoms with E-state index in [-0.39, 0.29) is 20.5 Å². The molecule has 0 unspecified atom stereocenters. The molecule has 2 heterocycles. The van der Waals surface area contributed by atoms with Crippen LogP contribution in [-0.2, 0) is 14.8 Å². The summed E-state index contributed by atoms with van der Waals surface area (Å²) in [5, 5.41) is 1.57. The maximum Gasteiger partial charge on any atom is 0.350 e. The lowest BCUT2D eigenvalue weighted by Gasteiger charge is -2.06. The van der Waals surface area contributed by atoms with Crippen molar-refractivity contribution in [3.8, 4) is 0 Å². The van der Waals surface area contributed by atoms with Crippen LogP contribution in [0, 0.1) is 6.92 Å². The number of aromatic nitrogens is 1. The van der Waals surface area contributed by atoms with Gasteiger partial charge in [-0.15, -0.1) is 11.3 Å².